The van der Waals surface area contributed by atoms with Gasteiger partial charge in [-0.2, -0.15) is 0 Å². The second kappa shape index (κ2) is 5.71. The van der Waals surface area contributed by atoms with Crippen molar-refractivity contribution in [1.82, 2.24) is 5.32 Å². The molecule has 0 saturated heterocycles. The van der Waals surface area contributed by atoms with E-state index in [1.807, 2.05) is 20.8 Å². The summed E-state index contributed by atoms with van der Waals surface area (Å²) < 4.78 is 10.9. The number of hydrogen-bond acceptors (Lipinski definition) is 4. The van der Waals surface area contributed by atoms with E-state index in [0.29, 0.717) is 36.8 Å². The van der Waals surface area contributed by atoms with Crippen molar-refractivity contribution in [1.29, 1.82) is 0 Å². The van der Waals surface area contributed by atoms with Crippen LogP contribution in [0.5, 0.6) is 11.5 Å². The third-order valence-corrected chi connectivity index (χ3v) is 3.90. The molecule has 1 aliphatic heterocycles. The van der Waals surface area contributed by atoms with Crippen molar-refractivity contribution in [2.45, 2.75) is 26.3 Å². The number of ether oxygens (including phenoxy) is 2. The molecule has 1 atom stereocenters. The molecular formula is C15H22N2O3. The highest BCUT2D eigenvalue weighted by molar-refractivity contribution is 5.95. The second-order valence-electron chi connectivity index (χ2n) is 5.59. The first kappa shape index (κ1) is 14.7. The highest BCUT2D eigenvalue weighted by Crippen LogP contribution is 2.31. The van der Waals surface area contributed by atoms with E-state index in [2.05, 4.69) is 5.32 Å². The van der Waals surface area contributed by atoms with Crippen LogP contribution in [0.2, 0.25) is 0 Å². The summed E-state index contributed by atoms with van der Waals surface area (Å²) >= 11 is 0. The van der Waals surface area contributed by atoms with Crippen LogP contribution >= 0.6 is 0 Å². The molecule has 1 aliphatic rings. The highest BCUT2D eigenvalue weighted by atomic mass is 16.6. The van der Waals surface area contributed by atoms with Gasteiger partial charge in [-0.15, -0.1) is 0 Å². The summed E-state index contributed by atoms with van der Waals surface area (Å²) in [6.45, 7) is 7.46. The summed E-state index contributed by atoms with van der Waals surface area (Å²) in [5.74, 6) is 1.39. The van der Waals surface area contributed by atoms with Crippen molar-refractivity contribution in [3.63, 3.8) is 0 Å². The average Bonchev–Trinajstić information content (AvgIpc) is 2.46. The van der Waals surface area contributed by atoms with Gasteiger partial charge >= 0.3 is 0 Å². The molecule has 1 aromatic rings. The average molecular weight is 278 g/mol. The molecule has 0 aromatic heterocycles. The molecule has 0 fully saturated rings. The number of nitrogens with one attached hydrogen (secondary N) is 1. The Hall–Kier alpha value is -1.75. The van der Waals surface area contributed by atoms with Crippen molar-refractivity contribution in [2.75, 3.05) is 19.8 Å². The van der Waals surface area contributed by atoms with E-state index in [4.69, 9.17) is 15.2 Å². The van der Waals surface area contributed by atoms with Crippen molar-refractivity contribution < 1.29 is 14.3 Å². The predicted octanol–water partition coefficient (Wildman–Crippen LogP) is 1.56. The Kier molecular flexibility index (Phi) is 4.18. The molecule has 5 heteroatoms. The second-order valence-corrected chi connectivity index (χ2v) is 5.59. The maximum atomic E-state index is 12.3. The summed E-state index contributed by atoms with van der Waals surface area (Å²) in [7, 11) is 0. The number of nitrogens with two attached hydrogens (primary N) is 1. The minimum atomic E-state index is -0.426. The highest BCUT2D eigenvalue weighted by Gasteiger charge is 2.29. The van der Waals surface area contributed by atoms with Crippen LogP contribution in [0.1, 0.15) is 31.1 Å². The Bertz CT molecular complexity index is 502. The zero-order valence-electron chi connectivity index (χ0n) is 12.2. The quantitative estimate of drug-likeness (QED) is 0.876. The SMILES string of the molecule is CC(C)C(C)(CN)NC(=O)c1ccc2c(c1)OCCO2. The zero-order chi connectivity index (χ0) is 14.8. The lowest BCUT2D eigenvalue weighted by molar-refractivity contribution is 0.0882. The van der Waals surface area contributed by atoms with Gasteiger partial charge in [-0.05, 0) is 31.0 Å². The molecular weight excluding hydrogens is 256 g/mol. The Morgan fingerprint density at radius 2 is 2.00 bits per heavy atom. The van der Waals surface area contributed by atoms with Crippen molar-refractivity contribution in [2.24, 2.45) is 11.7 Å². The van der Waals surface area contributed by atoms with E-state index in [1.54, 1.807) is 18.2 Å². The van der Waals surface area contributed by atoms with Gasteiger partial charge in [0.15, 0.2) is 11.5 Å². The lowest BCUT2D eigenvalue weighted by Crippen LogP contribution is -2.55. The van der Waals surface area contributed by atoms with Crippen molar-refractivity contribution >= 4 is 5.91 Å². The smallest absolute Gasteiger partial charge is 0.251 e. The minimum absolute atomic E-state index is 0.149. The fourth-order valence-electron chi connectivity index (χ4n) is 1.95. The van der Waals surface area contributed by atoms with Gasteiger partial charge in [0, 0.05) is 12.1 Å². The van der Waals surface area contributed by atoms with E-state index in [1.165, 1.54) is 0 Å². The third kappa shape index (κ3) is 2.88. The van der Waals surface area contributed by atoms with Gasteiger partial charge < -0.3 is 20.5 Å². The van der Waals surface area contributed by atoms with E-state index in [0.717, 1.165) is 0 Å². The molecule has 5 nitrogen and oxygen atoms in total. The Labute approximate surface area is 119 Å². The molecule has 0 bridgehead atoms. The fourth-order valence-corrected chi connectivity index (χ4v) is 1.95. The standard InChI is InChI=1S/C15H22N2O3/c1-10(2)15(3,9-16)17-14(18)11-4-5-12-13(8-11)20-7-6-19-12/h4-5,8,10H,6-7,9,16H2,1-3H3,(H,17,18). The largest absolute Gasteiger partial charge is 0.486 e. The van der Waals surface area contributed by atoms with Crippen LogP contribution in [-0.4, -0.2) is 31.2 Å². The molecule has 0 saturated carbocycles. The first-order valence-corrected chi connectivity index (χ1v) is 6.88. The van der Waals surface area contributed by atoms with Crippen LogP contribution in [-0.2, 0) is 0 Å². The maximum Gasteiger partial charge on any atom is 0.251 e. The zero-order valence-corrected chi connectivity index (χ0v) is 12.2. The molecule has 0 spiro atoms. The fraction of sp³-hybridized carbons (Fsp3) is 0.533. The van der Waals surface area contributed by atoms with Gasteiger partial charge in [-0.1, -0.05) is 13.8 Å². The van der Waals surface area contributed by atoms with Crippen LogP contribution in [0.15, 0.2) is 18.2 Å². The summed E-state index contributed by atoms with van der Waals surface area (Å²) in [6, 6.07) is 5.21. The lowest BCUT2D eigenvalue weighted by Gasteiger charge is -2.33. The normalized spacial score (nSPS) is 16.6. The summed E-state index contributed by atoms with van der Waals surface area (Å²) in [5.41, 5.74) is 5.91. The van der Waals surface area contributed by atoms with Crippen molar-refractivity contribution in [3.8, 4) is 11.5 Å². The summed E-state index contributed by atoms with van der Waals surface area (Å²) in [4.78, 5) is 12.3. The molecule has 1 heterocycles. The van der Waals surface area contributed by atoms with Crippen LogP contribution in [0.4, 0.5) is 0 Å². The van der Waals surface area contributed by atoms with Crippen LogP contribution in [0.3, 0.4) is 0 Å². The van der Waals surface area contributed by atoms with Crippen LogP contribution in [0, 0.1) is 5.92 Å². The number of amides is 1. The van der Waals surface area contributed by atoms with E-state index in [-0.39, 0.29) is 11.8 Å². The summed E-state index contributed by atoms with van der Waals surface area (Å²) in [5, 5.41) is 3.01. The van der Waals surface area contributed by atoms with Gasteiger partial charge in [0.05, 0.1) is 5.54 Å². The van der Waals surface area contributed by atoms with Gasteiger partial charge in [-0.25, -0.2) is 0 Å². The van der Waals surface area contributed by atoms with E-state index in [9.17, 15) is 4.79 Å². The van der Waals surface area contributed by atoms with Crippen LogP contribution in [0.25, 0.3) is 0 Å². The molecule has 2 rings (SSSR count). The molecule has 1 unspecified atom stereocenters. The molecule has 0 aliphatic carbocycles. The third-order valence-electron chi connectivity index (χ3n) is 3.90. The minimum Gasteiger partial charge on any atom is -0.486 e. The van der Waals surface area contributed by atoms with E-state index < -0.39 is 5.54 Å². The first-order valence-electron chi connectivity index (χ1n) is 6.88. The number of carbonyl (C=O) groups excluding carboxylic acids is 1. The van der Waals surface area contributed by atoms with Gasteiger partial charge in [-0.3, -0.25) is 4.79 Å². The first-order chi connectivity index (χ1) is 9.46. The predicted molar refractivity (Wildman–Crippen MR) is 77.2 cm³/mol. The number of hydrogen-bond donors (Lipinski definition) is 2. The number of rotatable bonds is 4. The van der Waals surface area contributed by atoms with Gasteiger partial charge in [0.2, 0.25) is 0 Å². The molecule has 1 aromatic carbocycles. The monoisotopic (exact) mass is 278 g/mol. The number of carbonyl (C=O) groups is 1. The molecule has 110 valence electrons. The topological polar surface area (TPSA) is 73.6 Å². The number of fused-ring (bicyclic) bond motifs is 1. The number of benzene rings is 1. The maximum absolute atomic E-state index is 12.3. The molecule has 1 amide bonds. The van der Waals surface area contributed by atoms with Crippen LogP contribution < -0.4 is 20.5 Å². The lowest BCUT2D eigenvalue weighted by atomic mass is 9.88. The van der Waals surface area contributed by atoms with Gasteiger partial charge in [0.25, 0.3) is 5.91 Å². The van der Waals surface area contributed by atoms with Crippen molar-refractivity contribution in [3.05, 3.63) is 23.8 Å². The Balaban J connectivity index is 2.17. The molecule has 20 heavy (non-hydrogen) atoms. The van der Waals surface area contributed by atoms with Gasteiger partial charge in [0.1, 0.15) is 13.2 Å². The Morgan fingerprint density at radius 3 is 2.60 bits per heavy atom. The van der Waals surface area contributed by atoms with E-state index >= 15 is 0 Å². The molecule has 3 N–H and O–H groups in total. The Morgan fingerprint density at radius 1 is 1.35 bits per heavy atom. The molecule has 0 radical (unpaired) electrons. The summed E-state index contributed by atoms with van der Waals surface area (Å²) in [6.07, 6.45) is 0.